The van der Waals surface area contributed by atoms with Gasteiger partial charge in [0.2, 0.25) is 10.0 Å². The molecule has 2 fully saturated rings. The van der Waals surface area contributed by atoms with E-state index in [4.69, 9.17) is 25.8 Å². The van der Waals surface area contributed by atoms with Gasteiger partial charge in [-0.3, -0.25) is 0 Å². The Hall–Kier alpha value is -2.24. The van der Waals surface area contributed by atoms with E-state index >= 15 is 0 Å². The van der Waals surface area contributed by atoms with Crippen LogP contribution in [0.5, 0.6) is 6.01 Å². The van der Waals surface area contributed by atoms with E-state index in [-0.39, 0.29) is 24.9 Å². The molecular weight excluding hydrogens is 444 g/mol. The second kappa shape index (κ2) is 8.03. The molecule has 3 atom stereocenters. The first-order valence-corrected chi connectivity index (χ1v) is 12.1. The SMILES string of the molecule is CS(=O)(=O)NCc1ccc(-c2nc3nc(OC4COC5CCOC54)[nH]c3cc2Cl)cc1. The fraction of sp³-hybridized carbons (Fsp3) is 0.400. The van der Waals surface area contributed by atoms with E-state index in [0.717, 1.165) is 23.8 Å². The third-order valence-electron chi connectivity index (χ3n) is 5.35. The molecule has 9 nitrogen and oxygen atoms in total. The van der Waals surface area contributed by atoms with Gasteiger partial charge in [0.1, 0.15) is 6.10 Å². The number of sulfonamides is 1. The first kappa shape index (κ1) is 20.7. The van der Waals surface area contributed by atoms with Crippen molar-refractivity contribution in [3.05, 3.63) is 40.9 Å². The molecule has 5 rings (SSSR count). The minimum atomic E-state index is -3.25. The Balaban J connectivity index is 1.36. The number of halogens is 1. The van der Waals surface area contributed by atoms with Crippen molar-refractivity contribution in [1.29, 1.82) is 0 Å². The first-order chi connectivity index (χ1) is 14.9. The maximum atomic E-state index is 11.3. The Morgan fingerprint density at radius 1 is 1.26 bits per heavy atom. The normalized spacial score (nSPS) is 23.4. The molecular formula is C20H21ClN4O5S. The van der Waals surface area contributed by atoms with Gasteiger partial charge < -0.3 is 19.2 Å². The van der Waals surface area contributed by atoms with Crippen molar-refractivity contribution in [3.8, 4) is 17.3 Å². The minimum Gasteiger partial charge on any atom is -0.456 e. The third-order valence-corrected chi connectivity index (χ3v) is 6.31. The number of rotatable bonds is 6. The summed E-state index contributed by atoms with van der Waals surface area (Å²) in [6, 6.07) is 9.45. The van der Waals surface area contributed by atoms with E-state index < -0.39 is 10.0 Å². The predicted molar refractivity (Wildman–Crippen MR) is 115 cm³/mol. The van der Waals surface area contributed by atoms with Crippen LogP contribution in [-0.4, -0.2) is 61.2 Å². The number of hydrogen-bond donors (Lipinski definition) is 2. The summed E-state index contributed by atoms with van der Waals surface area (Å²) in [6.45, 7) is 1.36. The second-order valence-electron chi connectivity index (χ2n) is 7.67. The number of aromatic amines is 1. The van der Waals surface area contributed by atoms with Crippen molar-refractivity contribution in [3.63, 3.8) is 0 Å². The monoisotopic (exact) mass is 464 g/mol. The molecule has 0 spiro atoms. The summed E-state index contributed by atoms with van der Waals surface area (Å²) >= 11 is 6.47. The number of aromatic nitrogens is 3. The van der Waals surface area contributed by atoms with E-state index in [0.29, 0.717) is 41.1 Å². The Kier molecular flexibility index (Phi) is 5.35. The van der Waals surface area contributed by atoms with Gasteiger partial charge in [-0.15, -0.1) is 0 Å². The van der Waals surface area contributed by atoms with Crippen molar-refractivity contribution in [2.24, 2.45) is 0 Å². The van der Waals surface area contributed by atoms with Crippen molar-refractivity contribution in [2.45, 2.75) is 31.3 Å². The van der Waals surface area contributed by atoms with Crippen LogP contribution < -0.4 is 9.46 Å². The summed E-state index contributed by atoms with van der Waals surface area (Å²) in [6.07, 6.45) is 1.81. The molecule has 3 aromatic rings. The Labute approximate surface area is 184 Å². The molecule has 164 valence electrons. The molecule has 0 aliphatic carbocycles. The quantitative estimate of drug-likeness (QED) is 0.574. The van der Waals surface area contributed by atoms with Crippen molar-refractivity contribution < 1.29 is 22.6 Å². The standard InChI is InChI=1S/C20H21ClN4O5S/c1-31(26,27)22-9-11-2-4-12(5-3-11)17-13(21)8-14-19(24-17)25-20(23-14)30-16-10-29-15-6-7-28-18(15)16/h2-5,8,15-16,18,22H,6-7,9-10H2,1H3,(H,23,24,25). The highest BCUT2D eigenvalue weighted by Gasteiger charge is 2.43. The number of nitrogens with zero attached hydrogens (tertiary/aromatic N) is 2. The highest BCUT2D eigenvalue weighted by Crippen LogP contribution is 2.32. The van der Waals surface area contributed by atoms with Crippen LogP contribution in [0.1, 0.15) is 12.0 Å². The van der Waals surface area contributed by atoms with Crippen LogP contribution in [0.2, 0.25) is 5.02 Å². The summed E-state index contributed by atoms with van der Waals surface area (Å²) in [5, 5.41) is 0.466. The van der Waals surface area contributed by atoms with Crippen LogP contribution in [0.4, 0.5) is 0 Å². The van der Waals surface area contributed by atoms with Gasteiger partial charge in [-0.05, 0) is 18.1 Å². The summed E-state index contributed by atoms with van der Waals surface area (Å²) in [5.74, 6) is 0. The van der Waals surface area contributed by atoms with E-state index in [9.17, 15) is 8.42 Å². The lowest BCUT2D eigenvalue weighted by atomic mass is 10.1. The van der Waals surface area contributed by atoms with E-state index in [1.165, 1.54) is 0 Å². The van der Waals surface area contributed by atoms with Gasteiger partial charge in [-0.2, -0.15) is 4.98 Å². The van der Waals surface area contributed by atoms with Gasteiger partial charge in [0.05, 0.1) is 35.2 Å². The molecule has 0 saturated carbocycles. The summed E-state index contributed by atoms with van der Waals surface area (Å²) < 4.78 is 42.4. The molecule has 2 aliphatic heterocycles. The lowest BCUT2D eigenvalue weighted by Gasteiger charge is -2.15. The van der Waals surface area contributed by atoms with Gasteiger partial charge in [0, 0.05) is 18.7 Å². The van der Waals surface area contributed by atoms with Gasteiger partial charge in [0.15, 0.2) is 11.8 Å². The molecule has 2 N–H and O–H groups in total. The average molecular weight is 465 g/mol. The Morgan fingerprint density at radius 2 is 2.06 bits per heavy atom. The van der Waals surface area contributed by atoms with Crippen molar-refractivity contribution >= 4 is 32.8 Å². The molecule has 2 aromatic heterocycles. The Bertz CT molecular complexity index is 1210. The predicted octanol–water partition coefficient (Wildman–Crippen LogP) is 2.26. The van der Waals surface area contributed by atoms with Crippen molar-refractivity contribution in [2.75, 3.05) is 19.5 Å². The molecule has 4 heterocycles. The third kappa shape index (κ3) is 4.39. The molecule has 0 radical (unpaired) electrons. The van der Waals surface area contributed by atoms with Crippen LogP contribution in [-0.2, 0) is 26.0 Å². The molecule has 11 heteroatoms. The number of pyridine rings is 1. The lowest BCUT2D eigenvalue weighted by Crippen LogP contribution is -2.32. The van der Waals surface area contributed by atoms with Gasteiger partial charge in [-0.1, -0.05) is 35.9 Å². The van der Waals surface area contributed by atoms with Crippen LogP contribution >= 0.6 is 11.6 Å². The number of nitrogens with one attached hydrogen (secondary N) is 2. The van der Waals surface area contributed by atoms with Gasteiger partial charge in [0.25, 0.3) is 6.01 Å². The fourth-order valence-electron chi connectivity index (χ4n) is 3.82. The number of H-pyrrole nitrogens is 1. The van der Waals surface area contributed by atoms with E-state index in [2.05, 4.69) is 19.7 Å². The fourth-order valence-corrected chi connectivity index (χ4v) is 4.51. The number of ether oxygens (including phenoxy) is 3. The number of benzene rings is 1. The number of fused-ring (bicyclic) bond motifs is 2. The highest BCUT2D eigenvalue weighted by atomic mass is 35.5. The molecule has 1 aromatic carbocycles. The topological polar surface area (TPSA) is 115 Å². The average Bonchev–Trinajstić information content (AvgIpc) is 3.43. The zero-order valence-corrected chi connectivity index (χ0v) is 18.2. The highest BCUT2D eigenvalue weighted by molar-refractivity contribution is 7.88. The first-order valence-electron chi connectivity index (χ1n) is 9.86. The molecule has 0 bridgehead atoms. The van der Waals surface area contributed by atoms with Crippen LogP contribution in [0.3, 0.4) is 0 Å². The zero-order chi connectivity index (χ0) is 21.6. The summed E-state index contributed by atoms with van der Waals surface area (Å²) in [7, 11) is -3.25. The van der Waals surface area contributed by atoms with Crippen LogP contribution in [0, 0.1) is 0 Å². The second-order valence-corrected chi connectivity index (χ2v) is 9.91. The minimum absolute atomic E-state index is 0.0731. The molecule has 31 heavy (non-hydrogen) atoms. The number of hydrogen-bond acceptors (Lipinski definition) is 7. The molecule has 0 amide bonds. The van der Waals surface area contributed by atoms with Gasteiger partial charge >= 0.3 is 0 Å². The lowest BCUT2D eigenvalue weighted by molar-refractivity contribution is 0.0273. The molecule has 2 aliphatic rings. The van der Waals surface area contributed by atoms with Gasteiger partial charge in [-0.25, -0.2) is 18.1 Å². The van der Waals surface area contributed by atoms with Crippen molar-refractivity contribution in [1.82, 2.24) is 19.7 Å². The maximum Gasteiger partial charge on any atom is 0.296 e. The zero-order valence-electron chi connectivity index (χ0n) is 16.7. The summed E-state index contributed by atoms with van der Waals surface area (Å²) in [5.41, 5.74) is 3.36. The van der Waals surface area contributed by atoms with Crippen LogP contribution in [0.15, 0.2) is 30.3 Å². The number of imidazole rings is 1. The van der Waals surface area contributed by atoms with E-state index in [1.54, 1.807) is 6.07 Å². The Morgan fingerprint density at radius 3 is 2.84 bits per heavy atom. The van der Waals surface area contributed by atoms with E-state index in [1.807, 2.05) is 24.3 Å². The molecule has 3 unspecified atom stereocenters. The maximum absolute atomic E-state index is 11.3. The van der Waals surface area contributed by atoms with Crippen LogP contribution in [0.25, 0.3) is 22.4 Å². The summed E-state index contributed by atoms with van der Waals surface area (Å²) in [4.78, 5) is 12.2. The largest absolute Gasteiger partial charge is 0.456 e. The smallest absolute Gasteiger partial charge is 0.296 e. The molecule has 2 saturated heterocycles.